The maximum atomic E-state index is 12.7. The fourth-order valence-corrected chi connectivity index (χ4v) is 7.85. The first-order valence-electron chi connectivity index (χ1n) is 17.5. The number of pyridine rings is 2. The second-order valence-electron chi connectivity index (χ2n) is 16.2. The molecule has 0 saturated carbocycles. The number of rotatable bonds is 4. The largest absolute Gasteiger partial charge is 0.478 e. The predicted octanol–water partition coefficient (Wildman–Crippen LogP) is 10.5. The summed E-state index contributed by atoms with van der Waals surface area (Å²) >= 11 is 0. The molecule has 0 radical (unpaired) electrons. The molecule has 0 spiro atoms. The van der Waals surface area contributed by atoms with Crippen LogP contribution >= 0.6 is 0 Å². The van der Waals surface area contributed by atoms with Crippen molar-refractivity contribution < 1.29 is 19.8 Å². The molecule has 2 unspecified atom stereocenters. The molecule has 50 heavy (non-hydrogen) atoms. The molecule has 0 aliphatic heterocycles. The summed E-state index contributed by atoms with van der Waals surface area (Å²) < 4.78 is 0. The molecule has 0 fully saturated rings. The Labute approximate surface area is 293 Å². The quantitative estimate of drug-likeness (QED) is 0.198. The van der Waals surface area contributed by atoms with E-state index < -0.39 is 11.9 Å². The molecule has 3 aromatic carbocycles. The Morgan fingerprint density at radius 1 is 0.580 bits per heavy atom. The first kappa shape index (κ1) is 33.4. The fraction of sp³-hybridized carbons (Fsp3) is 0.318. The van der Waals surface area contributed by atoms with Gasteiger partial charge in [0.25, 0.3) is 0 Å². The summed E-state index contributed by atoms with van der Waals surface area (Å²) in [6.45, 7) is 13.3. The molecular formula is C44H44N2O4. The molecule has 6 heteroatoms. The fourth-order valence-electron chi connectivity index (χ4n) is 7.85. The van der Waals surface area contributed by atoms with Crippen LogP contribution in [0.25, 0.3) is 45.1 Å². The lowest BCUT2D eigenvalue weighted by Gasteiger charge is -2.36. The summed E-state index contributed by atoms with van der Waals surface area (Å²) in [5, 5.41) is 22.2. The van der Waals surface area contributed by atoms with Crippen LogP contribution in [0.2, 0.25) is 0 Å². The number of fused-ring (bicyclic) bond motifs is 4. The molecule has 2 N–H and O–H groups in total. The molecule has 2 aliphatic carbocycles. The molecule has 2 aromatic heterocycles. The lowest BCUT2D eigenvalue weighted by atomic mass is 9.68. The van der Waals surface area contributed by atoms with Crippen molar-refractivity contribution in [2.75, 3.05) is 0 Å². The number of hydrogen-bond donors (Lipinski definition) is 2. The van der Waals surface area contributed by atoms with Gasteiger partial charge in [0.1, 0.15) is 0 Å². The van der Waals surface area contributed by atoms with Gasteiger partial charge in [-0.1, -0.05) is 102 Å². The summed E-state index contributed by atoms with van der Waals surface area (Å²) in [7, 11) is 0. The SMILES string of the molecule is CC(C)(C)C1C/C(=C/c2ccc(/C=C3/CC(C(C)(C)C)Cc4c3nc3ccccc3c4C(=O)O)cc2)c2nc3ccccc3c(C(=O)O)c2C1. The van der Waals surface area contributed by atoms with Gasteiger partial charge in [0.05, 0.1) is 33.5 Å². The lowest BCUT2D eigenvalue weighted by molar-refractivity contribution is 0.0685. The van der Waals surface area contributed by atoms with Gasteiger partial charge in [0, 0.05) is 10.8 Å². The third-order valence-electron chi connectivity index (χ3n) is 10.9. The van der Waals surface area contributed by atoms with Gasteiger partial charge in [-0.05, 0) is 106 Å². The van der Waals surface area contributed by atoms with Gasteiger partial charge in [-0.15, -0.1) is 0 Å². The van der Waals surface area contributed by atoms with E-state index in [1.807, 2.05) is 48.5 Å². The molecule has 254 valence electrons. The van der Waals surface area contributed by atoms with Crippen LogP contribution in [-0.4, -0.2) is 32.1 Å². The second kappa shape index (κ2) is 12.3. The van der Waals surface area contributed by atoms with Crippen molar-refractivity contribution in [1.29, 1.82) is 0 Å². The topological polar surface area (TPSA) is 100 Å². The number of hydrogen-bond acceptors (Lipinski definition) is 4. The van der Waals surface area contributed by atoms with Crippen molar-refractivity contribution in [1.82, 2.24) is 9.97 Å². The summed E-state index contributed by atoms with van der Waals surface area (Å²) in [6, 6.07) is 23.4. The van der Waals surface area contributed by atoms with Gasteiger partial charge in [-0.3, -0.25) is 0 Å². The van der Waals surface area contributed by atoms with Crippen molar-refractivity contribution in [2.24, 2.45) is 22.7 Å². The second-order valence-corrected chi connectivity index (χ2v) is 16.2. The molecular weight excluding hydrogens is 620 g/mol. The number of nitrogens with zero attached hydrogens (tertiary/aromatic N) is 2. The molecule has 2 aliphatic rings. The molecule has 7 rings (SSSR count). The minimum Gasteiger partial charge on any atom is -0.478 e. The Balaban J connectivity index is 1.32. The third-order valence-corrected chi connectivity index (χ3v) is 10.9. The molecule has 2 heterocycles. The van der Waals surface area contributed by atoms with Crippen LogP contribution in [-0.2, 0) is 12.8 Å². The zero-order valence-corrected chi connectivity index (χ0v) is 29.7. The van der Waals surface area contributed by atoms with E-state index in [2.05, 4.69) is 78.0 Å². The maximum Gasteiger partial charge on any atom is 0.336 e. The highest BCUT2D eigenvalue weighted by Gasteiger charge is 2.36. The normalized spacial score (nSPS) is 19.5. The van der Waals surface area contributed by atoms with E-state index in [0.717, 1.165) is 57.6 Å². The summed E-state index contributed by atoms with van der Waals surface area (Å²) in [5.41, 5.74) is 9.42. The number of carboxylic acid groups (broad SMARTS) is 2. The van der Waals surface area contributed by atoms with Gasteiger partial charge in [0.2, 0.25) is 0 Å². The van der Waals surface area contributed by atoms with E-state index in [1.54, 1.807) is 0 Å². The first-order valence-corrected chi connectivity index (χ1v) is 17.5. The molecule has 0 saturated heterocycles. The number of aromatic nitrogens is 2. The highest BCUT2D eigenvalue weighted by atomic mass is 16.4. The predicted molar refractivity (Wildman–Crippen MR) is 202 cm³/mol. The third kappa shape index (κ3) is 6.12. The van der Waals surface area contributed by atoms with Gasteiger partial charge in [-0.2, -0.15) is 0 Å². The Morgan fingerprint density at radius 3 is 1.28 bits per heavy atom. The highest BCUT2D eigenvalue weighted by Crippen LogP contribution is 2.46. The molecule has 0 amide bonds. The number of carbonyl (C=O) groups is 2. The van der Waals surface area contributed by atoms with Crippen LogP contribution < -0.4 is 0 Å². The van der Waals surface area contributed by atoms with E-state index in [9.17, 15) is 19.8 Å². The number of para-hydroxylation sites is 2. The van der Waals surface area contributed by atoms with Crippen LogP contribution in [0.4, 0.5) is 0 Å². The Bertz CT molecular complexity index is 2090. The van der Waals surface area contributed by atoms with Gasteiger partial charge in [0.15, 0.2) is 0 Å². The highest BCUT2D eigenvalue weighted by molar-refractivity contribution is 6.07. The Hall–Kier alpha value is -5.10. The van der Waals surface area contributed by atoms with Crippen molar-refractivity contribution in [3.05, 3.63) is 118 Å². The van der Waals surface area contributed by atoms with Crippen molar-refractivity contribution in [3.63, 3.8) is 0 Å². The van der Waals surface area contributed by atoms with Crippen LogP contribution in [0.5, 0.6) is 0 Å². The number of allylic oxidation sites excluding steroid dienone is 2. The lowest BCUT2D eigenvalue weighted by Crippen LogP contribution is -2.28. The van der Waals surface area contributed by atoms with Gasteiger partial charge in [-0.25, -0.2) is 19.6 Å². The molecule has 5 aromatic rings. The summed E-state index contributed by atoms with van der Waals surface area (Å²) in [5.74, 6) is -1.32. The zero-order chi connectivity index (χ0) is 35.5. The van der Waals surface area contributed by atoms with Gasteiger partial charge >= 0.3 is 11.9 Å². The first-order chi connectivity index (χ1) is 23.7. The van der Waals surface area contributed by atoms with E-state index >= 15 is 0 Å². The molecule has 2 atom stereocenters. The van der Waals surface area contributed by atoms with Crippen molar-refractivity contribution in [3.8, 4) is 0 Å². The Kier molecular flexibility index (Phi) is 8.25. The Morgan fingerprint density at radius 2 is 0.940 bits per heavy atom. The van der Waals surface area contributed by atoms with Crippen molar-refractivity contribution >= 4 is 57.0 Å². The van der Waals surface area contributed by atoms with Crippen molar-refractivity contribution in [2.45, 2.75) is 67.2 Å². The average molecular weight is 665 g/mol. The number of aromatic carboxylic acids is 2. The summed E-state index contributed by atoms with van der Waals surface area (Å²) in [4.78, 5) is 35.5. The zero-order valence-electron chi connectivity index (χ0n) is 29.7. The van der Waals surface area contributed by atoms with E-state index in [1.165, 1.54) is 0 Å². The minimum atomic E-state index is -0.915. The van der Waals surface area contributed by atoms with Crippen LogP contribution in [0.3, 0.4) is 0 Å². The van der Waals surface area contributed by atoms with E-state index in [4.69, 9.17) is 9.97 Å². The van der Waals surface area contributed by atoms with Crippen LogP contribution in [0.1, 0.15) is 109 Å². The van der Waals surface area contributed by atoms with Crippen LogP contribution in [0, 0.1) is 22.7 Å². The van der Waals surface area contributed by atoms with E-state index in [0.29, 0.717) is 45.8 Å². The average Bonchev–Trinajstić information content (AvgIpc) is 3.06. The smallest absolute Gasteiger partial charge is 0.336 e. The molecule has 0 bridgehead atoms. The number of carboxylic acids is 2. The van der Waals surface area contributed by atoms with Gasteiger partial charge < -0.3 is 10.2 Å². The summed E-state index contributed by atoms with van der Waals surface area (Å²) in [6.07, 6.45) is 7.30. The van der Waals surface area contributed by atoms with E-state index in [-0.39, 0.29) is 22.7 Å². The standard InChI is InChI=1S/C44H44N2O4/c1-43(2,3)29-21-27(39-33(23-29)37(41(47)48)31-11-7-9-13-35(31)45-39)19-25-15-17-26(18-16-25)20-28-22-30(44(4,5)6)24-34-38(42(49)50)32-12-8-10-14-36(32)46-40(28)34/h7-20,29-30H,21-24H2,1-6H3,(H,47,48)(H,49,50)/b27-19-,28-20-. The monoisotopic (exact) mass is 664 g/mol. The maximum absolute atomic E-state index is 12.7. The molecule has 6 nitrogen and oxygen atoms in total. The number of benzene rings is 3. The minimum absolute atomic E-state index is 0.0185. The van der Waals surface area contributed by atoms with Crippen LogP contribution in [0.15, 0.2) is 72.8 Å².